The molecule has 4 heteroatoms. The maximum absolute atomic E-state index is 10.6. The molecule has 0 bridgehead atoms. The van der Waals surface area contributed by atoms with Crippen LogP contribution in [0.25, 0.3) is 0 Å². The molecule has 0 N–H and O–H groups in total. The summed E-state index contributed by atoms with van der Waals surface area (Å²) in [5, 5.41) is 0.590. The Bertz CT molecular complexity index is 325. The van der Waals surface area contributed by atoms with Crippen LogP contribution in [0.3, 0.4) is 0 Å². The van der Waals surface area contributed by atoms with Crippen molar-refractivity contribution in [2.45, 2.75) is 13.8 Å². The predicted molar refractivity (Wildman–Crippen MR) is 55.1 cm³/mol. The largest absolute Gasteiger partial charge is 0.417 e. The zero-order valence-electron chi connectivity index (χ0n) is 7.33. The second-order valence-electron chi connectivity index (χ2n) is 2.57. The van der Waals surface area contributed by atoms with Crippen molar-refractivity contribution < 1.29 is 8.98 Å². The second kappa shape index (κ2) is 4.53. The second-order valence-corrected chi connectivity index (χ2v) is 3.91. The maximum Gasteiger partial charge on any atom is 0.224 e. The normalized spacial score (nSPS) is 9.77. The van der Waals surface area contributed by atoms with Crippen LogP contribution in [0.1, 0.15) is 12.5 Å². The number of rotatable bonds is 2. The first-order valence-corrected chi connectivity index (χ1v) is 4.83. The SMILES string of the molecule is CC(=O)SOc1ccc(Cl)cc1C. The zero-order valence-corrected chi connectivity index (χ0v) is 8.91. The molecule has 0 saturated heterocycles. The quantitative estimate of drug-likeness (QED) is 0.710. The van der Waals surface area contributed by atoms with E-state index in [2.05, 4.69) is 0 Å². The summed E-state index contributed by atoms with van der Waals surface area (Å²) in [6.45, 7) is 3.33. The number of aryl methyl sites for hydroxylation is 1. The summed E-state index contributed by atoms with van der Waals surface area (Å²) < 4.78 is 5.16. The van der Waals surface area contributed by atoms with Crippen molar-refractivity contribution in [2.24, 2.45) is 0 Å². The number of carbonyl (C=O) groups excluding carboxylic acids is 1. The lowest BCUT2D eigenvalue weighted by Crippen LogP contribution is -1.89. The molecule has 2 nitrogen and oxygen atoms in total. The van der Waals surface area contributed by atoms with Gasteiger partial charge in [0.25, 0.3) is 0 Å². The van der Waals surface area contributed by atoms with Crippen molar-refractivity contribution in [2.75, 3.05) is 0 Å². The fourth-order valence-corrected chi connectivity index (χ4v) is 1.43. The van der Waals surface area contributed by atoms with Gasteiger partial charge in [-0.2, -0.15) is 0 Å². The minimum atomic E-state index is -0.0747. The summed E-state index contributed by atoms with van der Waals surface area (Å²) >= 11 is 6.57. The summed E-state index contributed by atoms with van der Waals surface area (Å²) in [6.07, 6.45) is 0. The monoisotopic (exact) mass is 216 g/mol. The van der Waals surface area contributed by atoms with Gasteiger partial charge in [-0.15, -0.1) is 0 Å². The molecule has 0 aromatic heterocycles. The molecular formula is C9H9ClO2S. The number of halogens is 1. The molecule has 1 rings (SSSR count). The van der Waals surface area contributed by atoms with Crippen LogP contribution in [0.15, 0.2) is 18.2 Å². The maximum atomic E-state index is 10.6. The molecule has 0 spiro atoms. The van der Waals surface area contributed by atoms with Gasteiger partial charge >= 0.3 is 0 Å². The Balaban J connectivity index is 2.72. The van der Waals surface area contributed by atoms with E-state index in [0.717, 1.165) is 17.6 Å². The van der Waals surface area contributed by atoms with Crippen LogP contribution < -0.4 is 4.18 Å². The van der Waals surface area contributed by atoms with E-state index >= 15 is 0 Å². The first-order valence-electron chi connectivity index (χ1n) is 3.71. The highest BCUT2D eigenvalue weighted by molar-refractivity contribution is 8.09. The van der Waals surface area contributed by atoms with Crippen molar-refractivity contribution in [3.05, 3.63) is 28.8 Å². The predicted octanol–water partition coefficient (Wildman–Crippen LogP) is 3.22. The molecule has 0 amide bonds. The lowest BCUT2D eigenvalue weighted by molar-refractivity contribution is -0.109. The van der Waals surface area contributed by atoms with Gasteiger partial charge in [0.05, 0.1) is 0 Å². The van der Waals surface area contributed by atoms with Crippen LogP contribution in [-0.4, -0.2) is 5.12 Å². The van der Waals surface area contributed by atoms with E-state index in [4.69, 9.17) is 15.8 Å². The standard InChI is InChI=1S/C9H9ClO2S/c1-6-5-8(10)3-4-9(6)12-13-7(2)11/h3-5H,1-2H3. The number of benzene rings is 1. The topological polar surface area (TPSA) is 26.3 Å². The molecule has 1 aromatic rings. The van der Waals surface area contributed by atoms with Gasteiger partial charge in [0.15, 0.2) is 0 Å². The van der Waals surface area contributed by atoms with Crippen LogP contribution >= 0.6 is 23.6 Å². The number of carbonyl (C=O) groups is 1. The lowest BCUT2D eigenvalue weighted by atomic mass is 10.2. The third kappa shape index (κ3) is 3.28. The molecule has 0 aliphatic carbocycles. The van der Waals surface area contributed by atoms with Crippen LogP contribution in [0, 0.1) is 6.92 Å². The van der Waals surface area contributed by atoms with Gasteiger partial charge in [0.1, 0.15) is 17.8 Å². The van der Waals surface area contributed by atoms with Gasteiger partial charge in [0, 0.05) is 11.9 Å². The van der Waals surface area contributed by atoms with Crippen molar-refractivity contribution in [1.82, 2.24) is 0 Å². The lowest BCUT2D eigenvalue weighted by Gasteiger charge is -2.04. The highest BCUT2D eigenvalue weighted by atomic mass is 35.5. The van der Waals surface area contributed by atoms with E-state index in [1.807, 2.05) is 6.92 Å². The van der Waals surface area contributed by atoms with Gasteiger partial charge in [-0.05, 0) is 30.7 Å². The number of hydrogen-bond donors (Lipinski definition) is 0. The highest BCUT2D eigenvalue weighted by Crippen LogP contribution is 2.24. The minimum absolute atomic E-state index is 0.0747. The van der Waals surface area contributed by atoms with E-state index in [1.54, 1.807) is 18.2 Å². The molecule has 0 saturated carbocycles. The van der Waals surface area contributed by atoms with Crippen LogP contribution in [0.5, 0.6) is 5.75 Å². The van der Waals surface area contributed by atoms with E-state index < -0.39 is 0 Å². The fraction of sp³-hybridized carbons (Fsp3) is 0.222. The summed E-state index contributed by atoms with van der Waals surface area (Å²) in [5.41, 5.74) is 0.918. The Hall–Kier alpha value is -0.670. The van der Waals surface area contributed by atoms with Gasteiger partial charge in [-0.1, -0.05) is 11.6 Å². The zero-order chi connectivity index (χ0) is 9.84. The summed E-state index contributed by atoms with van der Waals surface area (Å²) in [4.78, 5) is 10.6. The van der Waals surface area contributed by atoms with Crippen LogP contribution in [0.2, 0.25) is 5.02 Å². The van der Waals surface area contributed by atoms with E-state index in [9.17, 15) is 4.79 Å². The highest BCUT2D eigenvalue weighted by Gasteiger charge is 2.02. The molecule has 0 unspecified atom stereocenters. The molecule has 0 heterocycles. The first kappa shape index (κ1) is 10.4. The molecule has 70 valence electrons. The van der Waals surface area contributed by atoms with Crippen molar-refractivity contribution >= 4 is 28.8 Å². The average molecular weight is 217 g/mol. The Labute approximate surface area is 86.4 Å². The third-order valence-electron chi connectivity index (χ3n) is 1.39. The summed E-state index contributed by atoms with van der Waals surface area (Å²) in [7, 11) is 0. The Kier molecular flexibility index (Phi) is 3.63. The van der Waals surface area contributed by atoms with Crippen molar-refractivity contribution in [3.63, 3.8) is 0 Å². The van der Waals surface area contributed by atoms with Crippen LogP contribution in [-0.2, 0) is 4.79 Å². The Morgan fingerprint density at radius 1 is 1.54 bits per heavy atom. The number of hydrogen-bond acceptors (Lipinski definition) is 3. The van der Waals surface area contributed by atoms with Gasteiger partial charge in [0.2, 0.25) is 5.12 Å². The molecule has 1 aromatic carbocycles. The molecule has 0 aliphatic heterocycles. The third-order valence-corrected chi connectivity index (χ3v) is 2.12. The van der Waals surface area contributed by atoms with Gasteiger partial charge in [-0.3, -0.25) is 4.79 Å². The van der Waals surface area contributed by atoms with E-state index in [-0.39, 0.29) is 5.12 Å². The van der Waals surface area contributed by atoms with Crippen molar-refractivity contribution in [1.29, 1.82) is 0 Å². The van der Waals surface area contributed by atoms with Crippen LogP contribution in [0.4, 0.5) is 0 Å². The average Bonchev–Trinajstić information content (AvgIpc) is 2.02. The molecule has 0 radical (unpaired) electrons. The summed E-state index contributed by atoms with van der Waals surface area (Å²) in [5.74, 6) is 0.671. The molecule has 13 heavy (non-hydrogen) atoms. The first-order chi connectivity index (χ1) is 6.09. The Morgan fingerprint density at radius 3 is 2.77 bits per heavy atom. The molecule has 0 atom stereocenters. The van der Waals surface area contributed by atoms with Gasteiger partial charge < -0.3 is 4.18 Å². The van der Waals surface area contributed by atoms with Crippen molar-refractivity contribution in [3.8, 4) is 5.75 Å². The molecular weight excluding hydrogens is 208 g/mol. The van der Waals surface area contributed by atoms with E-state index in [1.165, 1.54) is 6.92 Å². The molecule has 0 aliphatic rings. The van der Waals surface area contributed by atoms with Gasteiger partial charge in [-0.25, -0.2) is 0 Å². The molecule has 0 fully saturated rings. The fourth-order valence-electron chi connectivity index (χ4n) is 0.810. The Morgan fingerprint density at radius 2 is 2.23 bits per heavy atom. The summed E-state index contributed by atoms with van der Waals surface area (Å²) in [6, 6.07) is 5.26. The minimum Gasteiger partial charge on any atom is -0.417 e. The smallest absolute Gasteiger partial charge is 0.224 e. The van der Waals surface area contributed by atoms with E-state index in [0.29, 0.717) is 10.8 Å².